The van der Waals surface area contributed by atoms with E-state index in [2.05, 4.69) is 6.07 Å². The number of rotatable bonds is 6. The highest BCUT2D eigenvalue weighted by Gasteiger charge is 2.72. The molecule has 0 aromatic heterocycles. The Kier molecular flexibility index (Phi) is 5.07. The minimum atomic E-state index is -3.83. The van der Waals surface area contributed by atoms with E-state index in [1.807, 2.05) is 0 Å². The van der Waals surface area contributed by atoms with Gasteiger partial charge in [0.15, 0.2) is 9.84 Å². The van der Waals surface area contributed by atoms with Gasteiger partial charge in [0.25, 0.3) is 0 Å². The summed E-state index contributed by atoms with van der Waals surface area (Å²) in [5, 5.41) is 9.21. The molecule has 0 bridgehead atoms. The Labute approximate surface area is 157 Å². The summed E-state index contributed by atoms with van der Waals surface area (Å²) in [5.41, 5.74) is -0.767. The van der Waals surface area contributed by atoms with Crippen molar-refractivity contribution in [3.8, 4) is 6.07 Å². The molecule has 7 heteroatoms. The van der Waals surface area contributed by atoms with Crippen LogP contribution in [0.1, 0.15) is 18.4 Å². The van der Waals surface area contributed by atoms with Crippen molar-refractivity contribution in [3.05, 3.63) is 64.9 Å². The number of ether oxygens (including phenoxy) is 1. The number of nitriles is 1. The second-order valence-electron chi connectivity index (χ2n) is 6.24. The summed E-state index contributed by atoms with van der Waals surface area (Å²) in [5.74, 6) is -1.13. The molecule has 0 radical (unpaired) electrons. The van der Waals surface area contributed by atoms with Crippen molar-refractivity contribution in [1.29, 1.82) is 5.26 Å². The van der Waals surface area contributed by atoms with Crippen molar-refractivity contribution in [2.75, 3.05) is 13.2 Å². The molecule has 2 aromatic carbocycles. The van der Waals surface area contributed by atoms with Gasteiger partial charge < -0.3 is 4.74 Å². The third-order valence-corrected chi connectivity index (χ3v) is 7.24. The van der Waals surface area contributed by atoms with Gasteiger partial charge in [-0.25, -0.2) is 12.8 Å². The Hall–Kier alpha value is -1.94. The van der Waals surface area contributed by atoms with Gasteiger partial charge in [-0.3, -0.25) is 0 Å². The minimum Gasteiger partial charge on any atom is -0.380 e. The predicted molar refractivity (Wildman–Crippen MR) is 96.1 cm³/mol. The van der Waals surface area contributed by atoms with Crippen LogP contribution in [0.15, 0.2) is 53.4 Å². The number of nitrogens with zero attached hydrogens (tertiary/aromatic N) is 1. The van der Waals surface area contributed by atoms with Crippen LogP contribution in [0, 0.1) is 22.6 Å². The zero-order valence-electron chi connectivity index (χ0n) is 14.0. The normalized spacial score (nSPS) is 24.8. The van der Waals surface area contributed by atoms with Crippen LogP contribution in [0.5, 0.6) is 0 Å². The molecule has 1 aliphatic rings. The molecular formula is C19H17ClFNO3S. The number of hydrogen-bond acceptors (Lipinski definition) is 4. The molecule has 2 aromatic rings. The van der Waals surface area contributed by atoms with Crippen LogP contribution in [-0.4, -0.2) is 26.9 Å². The fourth-order valence-electron chi connectivity index (χ4n) is 3.41. The Bertz CT molecular complexity index is 955. The lowest BCUT2D eigenvalue weighted by molar-refractivity contribution is 0.117. The van der Waals surface area contributed by atoms with Crippen LogP contribution in [0.2, 0.25) is 5.02 Å². The number of benzene rings is 2. The van der Waals surface area contributed by atoms with E-state index in [0.29, 0.717) is 17.2 Å². The molecule has 136 valence electrons. The van der Waals surface area contributed by atoms with Gasteiger partial charge in [0.05, 0.1) is 22.8 Å². The Morgan fingerprint density at radius 2 is 1.96 bits per heavy atom. The zero-order chi connectivity index (χ0) is 18.9. The molecule has 4 nitrogen and oxygen atoms in total. The van der Waals surface area contributed by atoms with E-state index in [1.54, 1.807) is 13.0 Å². The lowest BCUT2D eigenvalue weighted by Gasteiger charge is -2.09. The predicted octanol–water partition coefficient (Wildman–Crippen LogP) is 3.97. The van der Waals surface area contributed by atoms with E-state index in [1.165, 1.54) is 42.5 Å². The summed E-state index contributed by atoms with van der Waals surface area (Å²) < 4.78 is 45.4. The topological polar surface area (TPSA) is 67.2 Å². The van der Waals surface area contributed by atoms with Gasteiger partial charge in [0, 0.05) is 17.5 Å². The molecule has 3 rings (SSSR count). The van der Waals surface area contributed by atoms with Gasteiger partial charge >= 0.3 is 0 Å². The van der Waals surface area contributed by atoms with E-state index < -0.39 is 32.2 Å². The monoisotopic (exact) mass is 393 g/mol. The standard InChI is InChI=1S/C19H17ClFNO3S/c1-2-25-12-19(11-22)17(13-4-3-5-15(21)10-13)18(19)26(23,24)16-8-6-14(20)7-9-16/h3-10,17-18H,2,12H2,1H3/t17-,18-,19-/m1/s1. The van der Waals surface area contributed by atoms with Crippen molar-refractivity contribution < 1.29 is 17.5 Å². The average Bonchev–Trinajstić information content (AvgIpc) is 3.31. The molecule has 26 heavy (non-hydrogen) atoms. The molecule has 1 aliphatic carbocycles. The summed E-state index contributed by atoms with van der Waals surface area (Å²) in [7, 11) is -3.83. The summed E-state index contributed by atoms with van der Waals surface area (Å²) in [6.45, 7) is 2.10. The van der Waals surface area contributed by atoms with Crippen molar-refractivity contribution >= 4 is 21.4 Å². The molecule has 0 saturated heterocycles. The van der Waals surface area contributed by atoms with Crippen LogP contribution in [0.25, 0.3) is 0 Å². The summed E-state index contributed by atoms with van der Waals surface area (Å²) >= 11 is 5.84. The highest BCUT2D eigenvalue weighted by atomic mass is 35.5. The maximum absolute atomic E-state index is 13.7. The number of hydrogen-bond donors (Lipinski definition) is 0. The molecule has 1 fully saturated rings. The lowest BCUT2D eigenvalue weighted by Crippen LogP contribution is -2.19. The van der Waals surface area contributed by atoms with Gasteiger partial charge in [0.1, 0.15) is 11.2 Å². The molecule has 3 atom stereocenters. The average molecular weight is 394 g/mol. The first-order valence-corrected chi connectivity index (χ1v) is 10.0. The van der Waals surface area contributed by atoms with Gasteiger partial charge in [-0.15, -0.1) is 0 Å². The number of sulfone groups is 1. The summed E-state index contributed by atoms with van der Waals surface area (Å²) in [4.78, 5) is 0.0851. The van der Waals surface area contributed by atoms with Crippen molar-refractivity contribution in [1.82, 2.24) is 0 Å². The minimum absolute atomic E-state index is 0.0291. The second kappa shape index (κ2) is 6.99. The SMILES string of the molecule is CCOC[C@]1(C#N)[C@H](c2cccc(F)c2)[C@H]1S(=O)(=O)c1ccc(Cl)cc1. The zero-order valence-corrected chi connectivity index (χ0v) is 15.6. The molecule has 1 saturated carbocycles. The van der Waals surface area contributed by atoms with Crippen LogP contribution in [-0.2, 0) is 14.6 Å². The second-order valence-corrected chi connectivity index (χ2v) is 8.75. The smallest absolute Gasteiger partial charge is 0.183 e. The third-order valence-electron chi connectivity index (χ3n) is 4.69. The van der Waals surface area contributed by atoms with Crippen LogP contribution >= 0.6 is 11.6 Å². The highest BCUT2D eigenvalue weighted by Crippen LogP contribution is 2.64. The van der Waals surface area contributed by atoms with Crippen molar-refractivity contribution in [2.24, 2.45) is 5.41 Å². The van der Waals surface area contributed by atoms with E-state index in [9.17, 15) is 18.1 Å². The first-order chi connectivity index (χ1) is 12.4. The third kappa shape index (κ3) is 3.11. The summed E-state index contributed by atoms with van der Waals surface area (Å²) in [6, 6.07) is 13.7. The fourth-order valence-corrected chi connectivity index (χ4v) is 5.85. The van der Waals surface area contributed by atoms with Crippen LogP contribution < -0.4 is 0 Å². The molecular weight excluding hydrogens is 377 g/mol. The van der Waals surface area contributed by atoms with E-state index >= 15 is 0 Å². The van der Waals surface area contributed by atoms with E-state index in [4.69, 9.17) is 16.3 Å². The first kappa shape index (κ1) is 18.8. The van der Waals surface area contributed by atoms with Gasteiger partial charge in [-0.05, 0) is 48.9 Å². The van der Waals surface area contributed by atoms with Gasteiger partial charge in [0.2, 0.25) is 0 Å². The van der Waals surface area contributed by atoms with Gasteiger partial charge in [-0.1, -0.05) is 23.7 Å². The number of halogens is 2. The van der Waals surface area contributed by atoms with Gasteiger partial charge in [-0.2, -0.15) is 5.26 Å². The maximum atomic E-state index is 13.7. The van der Waals surface area contributed by atoms with Crippen molar-refractivity contribution in [3.63, 3.8) is 0 Å². The maximum Gasteiger partial charge on any atom is 0.183 e. The van der Waals surface area contributed by atoms with E-state index in [-0.39, 0.29) is 11.5 Å². The Morgan fingerprint density at radius 3 is 2.54 bits per heavy atom. The highest BCUT2D eigenvalue weighted by molar-refractivity contribution is 7.92. The molecule has 0 spiro atoms. The quantitative estimate of drug-likeness (QED) is 0.744. The van der Waals surface area contributed by atoms with E-state index in [0.717, 1.165) is 0 Å². The molecule has 0 amide bonds. The van der Waals surface area contributed by atoms with Crippen LogP contribution in [0.4, 0.5) is 4.39 Å². The van der Waals surface area contributed by atoms with Crippen molar-refractivity contribution in [2.45, 2.75) is 23.0 Å². The first-order valence-electron chi connectivity index (χ1n) is 8.10. The largest absolute Gasteiger partial charge is 0.380 e. The molecule has 0 unspecified atom stereocenters. The molecule has 0 N–H and O–H groups in total. The summed E-state index contributed by atoms with van der Waals surface area (Å²) in [6.07, 6.45) is 0. The Balaban J connectivity index is 2.07. The molecule has 0 aliphatic heterocycles. The lowest BCUT2D eigenvalue weighted by atomic mass is 10.0. The van der Waals surface area contributed by atoms with Crippen LogP contribution in [0.3, 0.4) is 0 Å². The Morgan fingerprint density at radius 1 is 1.27 bits per heavy atom. The molecule has 0 heterocycles. The fraction of sp³-hybridized carbons (Fsp3) is 0.316.